The Hall–Kier alpha value is -1.95. The molecule has 0 spiro atoms. The molecule has 1 aromatic heterocycles. The Morgan fingerprint density at radius 2 is 1.84 bits per heavy atom. The number of para-hydroxylation sites is 1. The maximum absolute atomic E-state index is 12.8. The maximum atomic E-state index is 12.8. The number of nitrogens with zero attached hydrogens (tertiary/aromatic N) is 1. The monoisotopic (exact) mass is 288 g/mol. The third-order valence-electron chi connectivity index (χ3n) is 2.20. The lowest BCUT2D eigenvalue weighted by molar-refractivity contribution is -0.138. The normalized spacial score (nSPS) is 11.4. The van der Waals surface area contributed by atoms with Gasteiger partial charge in [-0.3, -0.25) is 0 Å². The van der Waals surface area contributed by atoms with E-state index in [0.29, 0.717) is 0 Å². The number of benzene rings is 1. The predicted molar refractivity (Wildman–Crippen MR) is 65.2 cm³/mol. The quantitative estimate of drug-likeness (QED) is 0.845. The van der Waals surface area contributed by atoms with Gasteiger partial charge in [0.05, 0.1) is 5.56 Å². The summed E-state index contributed by atoms with van der Waals surface area (Å²) >= 11 is 5.65. The van der Waals surface area contributed by atoms with E-state index in [1.54, 1.807) is 0 Å². The second-order valence-electron chi connectivity index (χ2n) is 3.66. The van der Waals surface area contributed by atoms with Gasteiger partial charge in [0.1, 0.15) is 10.9 Å². The summed E-state index contributed by atoms with van der Waals surface area (Å²) in [5.41, 5.74) is 4.87. The Morgan fingerprint density at radius 3 is 2.47 bits per heavy atom. The van der Waals surface area contributed by atoms with Crippen LogP contribution >= 0.6 is 11.6 Å². The van der Waals surface area contributed by atoms with Crippen LogP contribution in [-0.4, -0.2) is 4.98 Å². The molecule has 0 bridgehead atoms. The van der Waals surface area contributed by atoms with Crippen molar-refractivity contribution in [1.29, 1.82) is 0 Å². The summed E-state index contributed by atoms with van der Waals surface area (Å²) in [6, 6.07) is 7.47. The molecule has 0 fully saturated rings. The summed E-state index contributed by atoms with van der Waals surface area (Å²) in [6.07, 6.45) is -4.51. The molecular weight excluding hydrogens is 281 g/mol. The van der Waals surface area contributed by atoms with E-state index < -0.39 is 11.7 Å². The third kappa shape index (κ3) is 3.29. The van der Waals surface area contributed by atoms with E-state index in [9.17, 15) is 13.2 Å². The van der Waals surface area contributed by atoms with Crippen molar-refractivity contribution in [3.8, 4) is 11.6 Å². The highest BCUT2D eigenvalue weighted by atomic mass is 35.5. The van der Waals surface area contributed by atoms with Crippen LogP contribution in [0, 0.1) is 0 Å². The van der Waals surface area contributed by atoms with Crippen molar-refractivity contribution in [3.63, 3.8) is 0 Å². The molecule has 1 aromatic carbocycles. The number of aromatic nitrogens is 1. The van der Waals surface area contributed by atoms with Crippen LogP contribution < -0.4 is 10.5 Å². The van der Waals surface area contributed by atoms with Gasteiger partial charge in [-0.05, 0) is 18.2 Å². The van der Waals surface area contributed by atoms with Crippen LogP contribution in [0.15, 0.2) is 36.4 Å². The fourth-order valence-corrected chi connectivity index (χ4v) is 1.66. The van der Waals surface area contributed by atoms with Gasteiger partial charge < -0.3 is 10.5 Å². The van der Waals surface area contributed by atoms with E-state index in [2.05, 4.69) is 4.98 Å². The molecular formula is C12H8ClF3N2O. The maximum Gasteiger partial charge on any atom is 0.419 e. The molecule has 19 heavy (non-hydrogen) atoms. The summed E-state index contributed by atoms with van der Waals surface area (Å²) < 4.78 is 43.4. The molecule has 0 radical (unpaired) electrons. The average Bonchev–Trinajstić information content (AvgIpc) is 2.26. The molecule has 7 heteroatoms. The number of nitrogens with two attached hydrogens (primary N) is 1. The first-order valence-corrected chi connectivity index (χ1v) is 5.51. The molecule has 2 rings (SSSR count). The van der Waals surface area contributed by atoms with E-state index in [0.717, 1.165) is 6.07 Å². The second kappa shape index (κ2) is 4.97. The highest BCUT2D eigenvalue weighted by Crippen LogP contribution is 2.37. The number of anilines is 1. The van der Waals surface area contributed by atoms with Crippen molar-refractivity contribution in [2.75, 3.05) is 5.73 Å². The van der Waals surface area contributed by atoms with Crippen LogP contribution in [0.4, 0.5) is 18.9 Å². The van der Waals surface area contributed by atoms with E-state index in [-0.39, 0.29) is 22.5 Å². The average molecular weight is 289 g/mol. The first-order valence-electron chi connectivity index (χ1n) is 5.13. The Kier molecular flexibility index (Phi) is 3.53. The number of hydrogen-bond donors (Lipinski definition) is 1. The van der Waals surface area contributed by atoms with Gasteiger partial charge in [-0.1, -0.05) is 23.7 Å². The van der Waals surface area contributed by atoms with E-state index >= 15 is 0 Å². The fourth-order valence-electron chi connectivity index (χ4n) is 1.45. The van der Waals surface area contributed by atoms with E-state index in [1.807, 2.05) is 0 Å². The van der Waals surface area contributed by atoms with Gasteiger partial charge >= 0.3 is 6.18 Å². The molecule has 2 N–H and O–H groups in total. The van der Waals surface area contributed by atoms with Crippen LogP contribution in [0.2, 0.25) is 5.15 Å². The van der Waals surface area contributed by atoms with Gasteiger partial charge in [0, 0.05) is 11.8 Å². The van der Waals surface area contributed by atoms with Crippen molar-refractivity contribution >= 4 is 17.3 Å². The standard InChI is InChI=1S/C12H8ClF3N2O/c13-10-5-7(17)6-11(18-10)19-9-4-2-1-3-8(9)12(14,15)16/h1-6H,(H2,17,18). The smallest absolute Gasteiger partial charge is 0.419 e. The van der Waals surface area contributed by atoms with E-state index in [1.165, 1.54) is 30.3 Å². The minimum absolute atomic E-state index is 0.0412. The molecule has 0 atom stereocenters. The molecule has 0 aliphatic heterocycles. The summed E-state index contributed by atoms with van der Waals surface area (Å²) in [7, 11) is 0. The van der Waals surface area contributed by atoms with Crippen molar-refractivity contribution < 1.29 is 17.9 Å². The van der Waals surface area contributed by atoms with Crippen LogP contribution in [0.3, 0.4) is 0 Å². The van der Waals surface area contributed by atoms with Crippen molar-refractivity contribution in [2.45, 2.75) is 6.18 Å². The SMILES string of the molecule is Nc1cc(Cl)nc(Oc2ccccc2C(F)(F)F)c1. The van der Waals surface area contributed by atoms with E-state index in [4.69, 9.17) is 22.1 Å². The molecule has 0 saturated heterocycles. The lowest BCUT2D eigenvalue weighted by atomic mass is 10.2. The summed E-state index contributed by atoms with van der Waals surface area (Å²) in [6.45, 7) is 0. The third-order valence-corrected chi connectivity index (χ3v) is 2.39. The number of ether oxygens (including phenoxy) is 1. The van der Waals surface area contributed by atoms with Crippen molar-refractivity contribution in [2.24, 2.45) is 0 Å². The lowest BCUT2D eigenvalue weighted by Crippen LogP contribution is -2.07. The summed E-state index contributed by atoms with van der Waals surface area (Å²) in [5.74, 6) is -0.453. The Bertz CT molecular complexity index is 582. The fraction of sp³-hybridized carbons (Fsp3) is 0.0833. The Morgan fingerprint density at radius 1 is 1.16 bits per heavy atom. The second-order valence-corrected chi connectivity index (χ2v) is 4.04. The van der Waals surface area contributed by atoms with Gasteiger partial charge in [0.15, 0.2) is 0 Å². The van der Waals surface area contributed by atoms with Crippen LogP contribution in [0.25, 0.3) is 0 Å². The largest absolute Gasteiger partial charge is 0.438 e. The van der Waals surface area contributed by atoms with Crippen LogP contribution in [0.1, 0.15) is 5.56 Å². The first-order chi connectivity index (χ1) is 8.86. The lowest BCUT2D eigenvalue weighted by Gasteiger charge is -2.13. The summed E-state index contributed by atoms with van der Waals surface area (Å²) in [5, 5.41) is 0.0412. The molecule has 100 valence electrons. The zero-order valence-corrected chi connectivity index (χ0v) is 10.2. The molecule has 3 nitrogen and oxygen atoms in total. The number of rotatable bonds is 2. The molecule has 0 saturated carbocycles. The molecule has 0 aliphatic carbocycles. The molecule has 0 unspecified atom stereocenters. The number of halogens is 4. The minimum atomic E-state index is -4.51. The van der Waals surface area contributed by atoms with Gasteiger partial charge in [-0.2, -0.15) is 13.2 Å². The van der Waals surface area contributed by atoms with Gasteiger partial charge in [-0.15, -0.1) is 0 Å². The van der Waals surface area contributed by atoms with Gasteiger partial charge in [0.25, 0.3) is 0 Å². The van der Waals surface area contributed by atoms with Gasteiger partial charge in [0.2, 0.25) is 5.88 Å². The topological polar surface area (TPSA) is 48.1 Å². The zero-order chi connectivity index (χ0) is 14.0. The minimum Gasteiger partial charge on any atom is -0.438 e. The Labute approximate surface area is 111 Å². The number of alkyl halides is 3. The van der Waals surface area contributed by atoms with Crippen LogP contribution in [0.5, 0.6) is 11.6 Å². The molecule has 0 amide bonds. The Balaban J connectivity index is 2.38. The van der Waals surface area contributed by atoms with Gasteiger partial charge in [-0.25, -0.2) is 4.98 Å². The molecule has 1 heterocycles. The summed E-state index contributed by atoms with van der Waals surface area (Å²) in [4.78, 5) is 3.75. The number of pyridine rings is 1. The number of nitrogen functional groups attached to an aromatic ring is 1. The molecule has 0 aliphatic rings. The highest BCUT2D eigenvalue weighted by molar-refractivity contribution is 6.29. The van der Waals surface area contributed by atoms with Crippen molar-refractivity contribution in [3.05, 3.63) is 47.1 Å². The van der Waals surface area contributed by atoms with Crippen molar-refractivity contribution in [1.82, 2.24) is 4.98 Å². The first kappa shape index (κ1) is 13.5. The number of hydrogen-bond acceptors (Lipinski definition) is 3. The molecule has 2 aromatic rings. The zero-order valence-electron chi connectivity index (χ0n) is 9.41. The van der Waals surface area contributed by atoms with Crippen LogP contribution in [-0.2, 0) is 6.18 Å². The highest BCUT2D eigenvalue weighted by Gasteiger charge is 2.34. The predicted octanol–water partition coefficient (Wildman–Crippen LogP) is 4.13.